The van der Waals surface area contributed by atoms with Gasteiger partial charge in [0.1, 0.15) is 12.3 Å². The van der Waals surface area contributed by atoms with Gasteiger partial charge < -0.3 is 9.47 Å². The van der Waals surface area contributed by atoms with Gasteiger partial charge in [-0.1, -0.05) is 6.07 Å². The first-order valence-electron chi connectivity index (χ1n) is 5.54. The second-order valence-corrected chi connectivity index (χ2v) is 3.75. The second kappa shape index (κ2) is 5.72. The molecule has 0 aliphatic carbocycles. The molecule has 4 nitrogen and oxygen atoms in total. The van der Waals surface area contributed by atoms with Crippen LogP contribution in [0.1, 0.15) is 29.8 Å². The molecule has 1 aliphatic rings. The van der Waals surface area contributed by atoms with E-state index in [1.165, 1.54) is 0 Å². The van der Waals surface area contributed by atoms with E-state index in [0.717, 1.165) is 25.9 Å². The summed E-state index contributed by atoms with van der Waals surface area (Å²) in [5, 5.41) is 0. The fourth-order valence-electron chi connectivity index (χ4n) is 1.61. The summed E-state index contributed by atoms with van der Waals surface area (Å²) in [6.45, 7) is 0.768. The summed E-state index contributed by atoms with van der Waals surface area (Å²) >= 11 is 0. The molecule has 1 aromatic rings. The maximum Gasteiger partial charge on any atom is 0.206 e. The maximum atomic E-state index is 11.6. The number of pyridine rings is 1. The van der Waals surface area contributed by atoms with E-state index in [1.807, 2.05) is 0 Å². The largest absolute Gasteiger partial charge is 0.353 e. The Kier molecular flexibility index (Phi) is 4.02. The zero-order valence-electron chi connectivity index (χ0n) is 9.09. The van der Waals surface area contributed by atoms with Crippen LogP contribution in [-0.2, 0) is 9.47 Å². The lowest BCUT2D eigenvalue weighted by Gasteiger charge is -2.22. The molecule has 1 saturated heterocycles. The number of carbonyl (C=O) groups excluding carboxylic acids is 1. The SMILES string of the molecule is O=C(COC1CCCCO1)c1ccccn1. The number of ether oxygens (including phenoxy) is 2. The quantitative estimate of drug-likeness (QED) is 0.727. The number of ketones is 1. The molecule has 2 heterocycles. The predicted octanol–water partition coefficient (Wildman–Crippen LogP) is 1.81. The molecule has 1 atom stereocenters. The number of nitrogens with zero attached hydrogens (tertiary/aromatic N) is 1. The Hall–Kier alpha value is -1.26. The highest BCUT2D eigenvalue weighted by atomic mass is 16.7. The molecule has 2 rings (SSSR count). The van der Waals surface area contributed by atoms with Crippen molar-refractivity contribution in [3.63, 3.8) is 0 Å². The zero-order chi connectivity index (χ0) is 11.2. The normalized spacial score (nSPS) is 20.6. The van der Waals surface area contributed by atoms with Gasteiger partial charge in [0.15, 0.2) is 6.29 Å². The second-order valence-electron chi connectivity index (χ2n) is 3.75. The smallest absolute Gasteiger partial charge is 0.206 e. The van der Waals surface area contributed by atoms with Crippen LogP contribution in [0.4, 0.5) is 0 Å². The van der Waals surface area contributed by atoms with Gasteiger partial charge in [0.25, 0.3) is 0 Å². The van der Waals surface area contributed by atoms with Crippen molar-refractivity contribution in [1.82, 2.24) is 4.98 Å². The Balaban J connectivity index is 1.79. The minimum absolute atomic E-state index is 0.0433. The number of Topliss-reactive ketones (excluding diaryl/α,β-unsaturated/α-hetero) is 1. The summed E-state index contributed by atoms with van der Waals surface area (Å²) in [7, 11) is 0. The summed E-state index contributed by atoms with van der Waals surface area (Å²) in [4.78, 5) is 15.6. The highest BCUT2D eigenvalue weighted by Gasteiger charge is 2.16. The number of rotatable bonds is 4. The van der Waals surface area contributed by atoms with Crippen LogP contribution in [0.25, 0.3) is 0 Å². The summed E-state index contributed by atoms with van der Waals surface area (Å²) in [5.41, 5.74) is 0.443. The molecule has 0 spiro atoms. The Morgan fingerprint density at radius 3 is 3.12 bits per heavy atom. The van der Waals surface area contributed by atoms with Gasteiger partial charge in [-0.3, -0.25) is 9.78 Å². The van der Waals surface area contributed by atoms with E-state index in [4.69, 9.17) is 9.47 Å². The average molecular weight is 221 g/mol. The molecule has 1 unspecified atom stereocenters. The van der Waals surface area contributed by atoms with Crippen LogP contribution in [-0.4, -0.2) is 30.3 Å². The van der Waals surface area contributed by atoms with E-state index >= 15 is 0 Å². The van der Waals surface area contributed by atoms with E-state index in [9.17, 15) is 4.79 Å². The predicted molar refractivity (Wildman–Crippen MR) is 58.1 cm³/mol. The molecule has 1 aliphatic heterocycles. The molecule has 86 valence electrons. The molecule has 16 heavy (non-hydrogen) atoms. The van der Waals surface area contributed by atoms with Crippen LogP contribution >= 0.6 is 0 Å². The third-order valence-corrected chi connectivity index (χ3v) is 2.49. The Bertz CT molecular complexity index is 333. The molecule has 0 amide bonds. The highest BCUT2D eigenvalue weighted by molar-refractivity contribution is 5.95. The summed E-state index contributed by atoms with van der Waals surface area (Å²) in [6.07, 6.45) is 4.43. The Morgan fingerprint density at radius 2 is 2.44 bits per heavy atom. The van der Waals surface area contributed by atoms with E-state index in [0.29, 0.717) is 5.69 Å². The highest BCUT2D eigenvalue weighted by Crippen LogP contribution is 2.13. The van der Waals surface area contributed by atoms with Gasteiger partial charge in [-0.2, -0.15) is 0 Å². The first kappa shape index (κ1) is 11.2. The standard InChI is InChI=1S/C12H15NO3/c14-11(10-5-1-3-7-13-10)9-16-12-6-2-4-8-15-12/h1,3,5,7,12H,2,4,6,8-9H2. The lowest BCUT2D eigenvalue weighted by Crippen LogP contribution is -2.25. The van der Waals surface area contributed by atoms with Crippen LogP contribution in [0, 0.1) is 0 Å². The molecule has 0 bridgehead atoms. The minimum atomic E-state index is -0.221. The van der Waals surface area contributed by atoms with Crippen molar-refractivity contribution in [3.05, 3.63) is 30.1 Å². The molecule has 0 aromatic carbocycles. The fourth-order valence-corrected chi connectivity index (χ4v) is 1.61. The molecular formula is C12H15NO3. The van der Waals surface area contributed by atoms with Gasteiger partial charge in [-0.15, -0.1) is 0 Å². The van der Waals surface area contributed by atoms with Crippen molar-refractivity contribution in [2.24, 2.45) is 0 Å². The summed E-state index contributed by atoms with van der Waals surface area (Å²) in [6, 6.07) is 5.26. The van der Waals surface area contributed by atoms with Crippen LogP contribution in [0.3, 0.4) is 0 Å². The number of hydrogen-bond acceptors (Lipinski definition) is 4. The van der Waals surface area contributed by atoms with Crippen LogP contribution in [0.2, 0.25) is 0 Å². The van der Waals surface area contributed by atoms with Crippen molar-refractivity contribution >= 4 is 5.78 Å². The topological polar surface area (TPSA) is 48.4 Å². The van der Waals surface area contributed by atoms with Crippen LogP contribution in [0.5, 0.6) is 0 Å². The molecular weight excluding hydrogens is 206 g/mol. The third kappa shape index (κ3) is 3.12. The maximum absolute atomic E-state index is 11.6. The van der Waals surface area contributed by atoms with Gasteiger partial charge in [-0.05, 0) is 31.4 Å². The molecule has 0 saturated carbocycles. The first-order chi connectivity index (χ1) is 7.86. The van der Waals surface area contributed by atoms with E-state index in [-0.39, 0.29) is 18.7 Å². The van der Waals surface area contributed by atoms with Crippen molar-refractivity contribution in [1.29, 1.82) is 0 Å². The lowest BCUT2D eigenvalue weighted by molar-refractivity contribution is -0.155. The van der Waals surface area contributed by atoms with Crippen LogP contribution in [0.15, 0.2) is 24.4 Å². The van der Waals surface area contributed by atoms with Gasteiger partial charge in [0, 0.05) is 12.8 Å². The number of aromatic nitrogens is 1. The van der Waals surface area contributed by atoms with E-state index in [2.05, 4.69) is 4.98 Å². The third-order valence-electron chi connectivity index (χ3n) is 2.49. The lowest BCUT2D eigenvalue weighted by atomic mass is 10.2. The average Bonchev–Trinajstić information content (AvgIpc) is 2.38. The molecule has 0 radical (unpaired) electrons. The van der Waals surface area contributed by atoms with Crippen molar-refractivity contribution in [3.8, 4) is 0 Å². The summed E-state index contributed by atoms with van der Waals surface area (Å²) < 4.78 is 10.8. The van der Waals surface area contributed by atoms with E-state index in [1.54, 1.807) is 24.4 Å². The van der Waals surface area contributed by atoms with Crippen molar-refractivity contribution < 1.29 is 14.3 Å². The van der Waals surface area contributed by atoms with Crippen LogP contribution < -0.4 is 0 Å². The van der Waals surface area contributed by atoms with Crippen molar-refractivity contribution in [2.75, 3.05) is 13.2 Å². The van der Waals surface area contributed by atoms with Gasteiger partial charge in [0.05, 0.1) is 0 Å². The molecule has 4 heteroatoms. The summed E-state index contributed by atoms with van der Waals surface area (Å²) in [5.74, 6) is -0.102. The minimum Gasteiger partial charge on any atom is -0.353 e. The van der Waals surface area contributed by atoms with Gasteiger partial charge >= 0.3 is 0 Å². The van der Waals surface area contributed by atoms with Gasteiger partial charge in [0.2, 0.25) is 5.78 Å². The first-order valence-corrected chi connectivity index (χ1v) is 5.54. The molecule has 1 fully saturated rings. The molecule has 1 aromatic heterocycles. The molecule has 0 N–H and O–H groups in total. The van der Waals surface area contributed by atoms with Gasteiger partial charge in [-0.25, -0.2) is 0 Å². The Morgan fingerprint density at radius 1 is 1.50 bits per heavy atom. The fraction of sp³-hybridized carbons (Fsp3) is 0.500. The number of carbonyl (C=O) groups is 1. The monoisotopic (exact) mass is 221 g/mol. The number of hydrogen-bond donors (Lipinski definition) is 0. The zero-order valence-corrected chi connectivity index (χ0v) is 9.09. The Labute approximate surface area is 94.6 Å². The van der Waals surface area contributed by atoms with Crippen molar-refractivity contribution in [2.45, 2.75) is 25.6 Å². The van der Waals surface area contributed by atoms with E-state index < -0.39 is 0 Å².